The van der Waals surface area contributed by atoms with Crippen LogP contribution in [0, 0.1) is 0 Å². The summed E-state index contributed by atoms with van der Waals surface area (Å²) in [6.45, 7) is 1.43. The SMILES string of the molecule is CCS(=O)(=O)c1ncc(C(=O)O)c(Cl)n1.Cl. The molecule has 0 atom stereocenters. The number of rotatable bonds is 3. The monoisotopic (exact) mass is 286 g/mol. The summed E-state index contributed by atoms with van der Waals surface area (Å²) >= 11 is 5.49. The zero-order valence-electron chi connectivity index (χ0n) is 8.05. The van der Waals surface area contributed by atoms with Crippen LogP contribution in [0.15, 0.2) is 11.4 Å². The molecule has 0 aromatic carbocycles. The lowest BCUT2D eigenvalue weighted by molar-refractivity contribution is 0.0696. The van der Waals surface area contributed by atoms with E-state index in [4.69, 9.17) is 16.7 Å². The molecule has 9 heteroatoms. The molecule has 0 saturated carbocycles. The minimum atomic E-state index is -3.56. The molecule has 1 aromatic rings. The van der Waals surface area contributed by atoms with E-state index in [0.717, 1.165) is 6.20 Å². The second-order valence-electron chi connectivity index (χ2n) is 2.57. The van der Waals surface area contributed by atoms with Gasteiger partial charge in [-0.25, -0.2) is 23.2 Å². The Labute approximate surface area is 103 Å². The van der Waals surface area contributed by atoms with Gasteiger partial charge in [0.15, 0.2) is 0 Å². The summed E-state index contributed by atoms with van der Waals surface area (Å²) in [5, 5.41) is 7.76. The molecule has 0 amide bonds. The van der Waals surface area contributed by atoms with Gasteiger partial charge in [0.25, 0.3) is 0 Å². The van der Waals surface area contributed by atoms with E-state index in [-0.39, 0.29) is 28.9 Å². The fourth-order valence-corrected chi connectivity index (χ4v) is 1.73. The smallest absolute Gasteiger partial charge is 0.340 e. The van der Waals surface area contributed by atoms with E-state index in [1.165, 1.54) is 6.92 Å². The zero-order chi connectivity index (χ0) is 11.6. The number of hydrogen-bond acceptors (Lipinski definition) is 5. The molecule has 1 aromatic heterocycles. The van der Waals surface area contributed by atoms with Crippen molar-refractivity contribution in [2.24, 2.45) is 0 Å². The number of sulfone groups is 1. The fraction of sp³-hybridized carbons (Fsp3) is 0.286. The standard InChI is InChI=1S/C7H7ClN2O4S.ClH/c1-2-15(13,14)7-9-3-4(6(11)12)5(8)10-7;/h3H,2H2,1H3,(H,11,12);1H. The molecule has 0 aliphatic carbocycles. The number of carboxylic acids is 1. The molecule has 0 spiro atoms. The van der Waals surface area contributed by atoms with Gasteiger partial charge in [0.1, 0.15) is 10.7 Å². The molecule has 0 radical (unpaired) electrons. The average Bonchev–Trinajstić information content (AvgIpc) is 2.17. The summed E-state index contributed by atoms with van der Waals surface area (Å²) in [5.41, 5.74) is -0.327. The first-order chi connectivity index (χ1) is 6.88. The first-order valence-electron chi connectivity index (χ1n) is 3.87. The van der Waals surface area contributed by atoms with Gasteiger partial charge < -0.3 is 5.11 Å². The highest BCUT2D eigenvalue weighted by Crippen LogP contribution is 2.14. The molecule has 0 unspecified atom stereocenters. The van der Waals surface area contributed by atoms with E-state index >= 15 is 0 Å². The molecular formula is C7H8Cl2N2O4S. The van der Waals surface area contributed by atoms with Crippen LogP contribution in [0.25, 0.3) is 0 Å². The lowest BCUT2D eigenvalue weighted by atomic mass is 10.3. The number of hydrogen-bond donors (Lipinski definition) is 1. The Kier molecular flexibility index (Phi) is 5.11. The van der Waals surface area contributed by atoms with Gasteiger partial charge in [-0.15, -0.1) is 12.4 Å². The van der Waals surface area contributed by atoms with E-state index in [1.807, 2.05) is 0 Å². The minimum Gasteiger partial charge on any atom is -0.478 e. The van der Waals surface area contributed by atoms with E-state index in [2.05, 4.69) is 9.97 Å². The normalized spacial score (nSPS) is 10.6. The fourth-order valence-electron chi connectivity index (χ4n) is 0.769. The third-order valence-electron chi connectivity index (χ3n) is 1.61. The summed E-state index contributed by atoms with van der Waals surface area (Å²) in [6.07, 6.45) is 0.875. The summed E-state index contributed by atoms with van der Waals surface area (Å²) < 4.78 is 22.6. The van der Waals surface area contributed by atoms with Crippen LogP contribution in [-0.2, 0) is 9.84 Å². The van der Waals surface area contributed by atoms with Crippen LogP contribution in [0.4, 0.5) is 0 Å². The number of nitrogens with zero attached hydrogens (tertiary/aromatic N) is 2. The van der Waals surface area contributed by atoms with E-state index < -0.39 is 21.0 Å². The van der Waals surface area contributed by atoms with E-state index in [9.17, 15) is 13.2 Å². The Hall–Kier alpha value is -0.920. The lowest BCUT2D eigenvalue weighted by Crippen LogP contribution is -2.11. The van der Waals surface area contributed by atoms with Crippen molar-refractivity contribution in [1.29, 1.82) is 0 Å². The molecule has 0 bridgehead atoms. The Morgan fingerprint density at radius 1 is 1.56 bits per heavy atom. The van der Waals surface area contributed by atoms with Crippen LogP contribution in [-0.4, -0.2) is 35.2 Å². The molecule has 1 rings (SSSR count). The highest BCUT2D eigenvalue weighted by molar-refractivity contribution is 7.91. The number of aromatic nitrogens is 2. The summed E-state index contributed by atoms with van der Waals surface area (Å²) in [5.74, 6) is -1.48. The summed E-state index contributed by atoms with van der Waals surface area (Å²) in [7, 11) is -3.56. The van der Waals surface area contributed by atoms with Gasteiger partial charge in [0, 0.05) is 6.20 Å². The Bertz CT molecular complexity index is 503. The highest BCUT2D eigenvalue weighted by atomic mass is 35.5. The highest BCUT2D eigenvalue weighted by Gasteiger charge is 2.19. The van der Waals surface area contributed by atoms with Crippen LogP contribution in [0.3, 0.4) is 0 Å². The van der Waals surface area contributed by atoms with Gasteiger partial charge >= 0.3 is 5.97 Å². The van der Waals surface area contributed by atoms with Crippen LogP contribution >= 0.6 is 24.0 Å². The van der Waals surface area contributed by atoms with Crippen molar-refractivity contribution in [3.63, 3.8) is 0 Å². The van der Waals surface area contributed by atoms with Gasteiger partial charge in [0.2, 0.25) is 15.0 Å². The van der Waals surface area contributed by atoms with Gasteiger partial charge in [-0.05, 0) is 0 Å². The van der Waals surface area contributed by atoms with Crippen LogP contribution in [0.1, 0.15) is 17.3 Å². The average molecular weight is 287 g/mol. The largest absolute Gasteiger partial charge is 0.478 e. The quantitative estimate of drug-likeness (QED) is 0.659. The molecular weight excluding hydrogens is 279 g/mol. The van der Waals surface area contributed by atoms with Crippen molar-refractivity contribution in [2.75, 3.05) is 5.75 Å². The van der Waals surface area contributed by atoms with Crippen molar-refractivity contribution in [3.8, 4) is 0 Å². The number of carbonyl (C=O) groups is 1. The van der Waals surface area contributed by atoms with Gasteiger partial charge in [-0.3, -0.25) is 0 Å². The first kappa shape index (κ1) is 15.1. The number of halogens is 2. The molecule has 1 N–H and O–H groups in total. The van der Waals surface area contributed by atoms with Gasteiger partial charge in [0.05, 0.1) is 5.75 Å². The number of aromatic carboxylic acids is 1. The summed E-state index contributed by atoms with van der Waals surface area (Å²) in [4.78, 5) is 17.4. The zero-order valence-corrected chi connectivity index (χ0v) is 10.4. The molecule has 16 heavy (non-hydrogen) atoms. The Morgan fingerprint density at radius 3 is 2.50 bits per heavy atom. The lowest BCUT2D eigenvalue weighted by Gasteiger charge is -2.01. The van der Waals surface area contributed by atoms with Gasteiger partial charge in [-0.1, -0.05) is 18.5 Å². The maximum atomic E-state index is 11.3. The Balaban J connectivity index is 0.00000225. The van der Waals surface area contributed by atoms with Crippen molar-refractivity contribution < 1.29 is 18.3 Å². The first-order valence-corrected chi connectivity index (χ1v) is 5.90. The summed E-state index contributed by atoms with van der Waals surface area (Å²) in [6, 6.07) is 0. The van der Waals surface area contributed by atoms with Crippen molar-refractivity contribution in [1.82, 2.24) is 9.97 Å². The van der Waals surface area contributed by atoms with Gasteiger partial charge in [-0.2, -0.15) is 0 Å². The molecule has 90 valence electrons. The van der Waals surface area contributed by atoms with Crippen molar-refractivity contribution >= 4 is 39.8 Å². The predicted octanol–water partition coefficient (Wildman–Crippen LogP) is 1.04. The van der Waals surface area contributed by atoms with E-state index in [1.54, 1.807) is 0 Å². The topological polar surface area (TPSA) is 97.2 Å². The number of carboxylic acid groups (broad SMARTS) is 1. The minimum absolute atomic E-state index is 0. The molecule has 0 saturated heterocycles. The third-order valence-corrected chi connectivity index (χ3v) is 3.41. The molecule has 1 heterocycles. The predicted molar refractivity (Wildman–Crippen MR) is 59.0 cm³/mol. The van der Waals surface area contributed by atoms with Crippen molar-refractivity contribution in [3.05, 3.63) is 16.9 Å². The Morgan fingerprint density at radius 2 is 2.12 bits per heavy atom. The molecule has 0 aliphatic rings. The maximum absolute atomic E-state index is 11.3. The second-order valence-corrected chi connectivity index (χ2v) is 5.10. The maximum Gasteiger partial charge on any atom is 0.340 e. The third kappa shape index (κ3) is 3.03. The van der Waals surface area contributed by atoms with Crippen molar-refractivity contribution in [2.45, 2.75) is 12.1 Å². The second kappa shape index (κ2) is 5.42. The molecule has 0 fully saturated rings. The van der Waals surface area contributed by atoms with Crippen LogP contribution < -0.4 is 0 Å². The molecule has 0 aliphatic heterocycles. The van der Waals surface area contributed by atoms with Crippen LogP contribution in [0.2, 0.25) is 5.15 Å². The van der Waals surface area contributed by atoms with Crippen LogP contribution in [0.5, 0.6) is 0 Å². The molecule has 6 nitrogen and oxygen atoms in total. The van der Waals surface area contributed by atoms with E-state index in [0.29, 0.717) is 0 Å².